The zero-order valence-corrected chi connectivity index (χ0v) is 14.0. The van der Waals surface area contributed by atoms with E-state index in [1.54, 1.807) is 0 Å². The number of benzene rings is 1. The third-order valence-electron chi connectivity index (χ3n) is 4.25. The van der Waals surface area contributed by atoms with Crippen LogP contribution in [0.25, 0.3) is 0 Å². The fraction of sp³-hybridized carbons (Fsp3) is 0.471. The molecule has 3 nitrogen and oxygen atoms in total. The topological polar surface area (TPSA) is 29.9 Å². The van der Waals surface area contributed by atoms with Crippen molar-refractivity contribution in [3.05, 3.63) is 52.3 Å². The first-order valence-corrected chi connectivity index (χ1v) is 8.48. The maximum Gasteiger partial charge on any atom is 0.0492 e. The van der Waals surface area contributed by atoms with Crippen molar-refractivity contribution in [2.24, 2.45) is 7.05 Å². The largest absolute Gasteiger partial charge is 0.313 e. The summed E-state index contributed by atoms with van der Waals surface area (Å²) in [5.74, 6) is 0.538. The van der Waals surface area contributed by atoms with Gasteiger partial charge in [-0.2, -0.15) is 5.10 Å². The average Bonchev–Trinajstić information content (AvgIpc) is 3.22. The van der Waals surface area contributed by atoms with Gasteiger partial charge in [-0.3, -0.25) is 4.68 Å². The molecule has 1 aliphatic carbocycles. The molecule has 2 aromatic rings. The molecule has 112 valence electrons. The summed E-state index contributed by atoms with van der Waals surface area (Å²) < 4.78 is 3.20. The second-order valence-electron chi connectivity index (χ2n) is 5.89. The molecular weight excluding hydrogens is 326 g/mol. The van der Waals surface area contributed by atoms with Crippen LogP contribution in [0.15, 0.2) is 41.0 Å². The van der Waals surface area contributed by atoms with Crippen molar-refractivity contribution in [1.82, 2.24) is 15.1 Å². The van der Waals surface area contributed by atoms with Gasteiger partial charge in [-0.05, 0) is 49.3 Å². The fourth-order valence-electron chi connectivity index (χ4n) is 2.74. The first-order chi connectivity index (χ1) is 10.2. The molecule has 1 heterocycles. The van der Waals surface area contributed by atoms with Gasteiger partial charge in [0.2, 0.25) is 0 Å². The first-order valence-electron chi connectivity index (χ1n) is 7.68. The van der Waals surface area contributed by atoms with E-state index in [-0.39, 0.29) is 0 Å². The maximum absolute atomic E-state index is 4.26. The Hall–Kier alpha value is -1.13. The van der Waals surface area contributed by atoms with Crippen LogP contribution < -0.4 is 5.32 Å². The minimum absolute atomic E-state index is 0.538. The molecule has 1 aliphatic rings. The van der Waals surface area contributed by atoms with E-state index in [1.807, 2.05) is 17.9 Å². The quantitative estimate of drug-likeness (QED) is 0.828. The minimum atomic E-state index is 0.538. The van der Waals surface area contributed by atoms with Crippen molar-refractivity contribution >= 4 is 15.9 Å². The lowest BCUT2D eigenvalue weighted by Gasteiger charge is -2.19. The molecule has 1 atom stereocenters. The molecule has 0 amide bonds. The average molecular weight is 348 g/mol. The van der Waals surface area contributed by atoms with Gasteiger partial charge in [0.15, 0.2) is 0 Å². The molecule has 0 aliphatic heterocycles. The highest BCUT2D eigenvalue weighted by Gasteiger charge is 2.23. The van der Waals surface area contributed by atoms with Gasteiger partial charge in [0, 0.05) is 36.0 Å². The van der Waals surface area contributed by atoms with Crippen LogP contribution in [-0.2, 0) is 13.5 Å². The molecule has 1 aromatic heterocycles. The molecule has 0 radical (unpaired) electrons. The Morgan fingerprint density at radius 3 is 2.81 bits per heavy atom. The molecule has 1 N–H and O–H groups in total. The van der Waals surface area contributed by atoms with Gasteiger partial charge in [0.05, 0.1) is 0 Å². The molecular formula is C17H22BrN3. The smallest absolute Gasteiger partial charge is 0.0492 e. The van der Waals surface area contributed by atoms with Crippen molar-refractivity contribution < 1.29 is 0 Å². The van der Waals surface area contributed by atoms with E-state index in [9.17, 15) is 0 Å². The standard InChI is InChI=1S/C17H22BrN3/c1-21-15(10-11-20-21)9-6-13(12-19-14-7-8-14)16-4-2-3-5-17(16)18/h2-5,10-11,13-14,19H,6-9,12H2,1H3. The number of aryl methyl sites for hydroxylation is 2. The van der Waals surface area contributed by atoms with Crippen LogP contribution in [0, 0.1) is 0 Å². The molecule has 1 fully saturated rings. The van der Waals surface area contributed by atoms with Crippen LogP contribution in [0.4, 0.5) is 0 Å². The van der Waals surface area contributed by atoms with Crippen molar-refractivity contribution in [2.45, 2.75) is 37.6 Å². The van der Waals surface area contributed by atoms with Gasteiger partial charge >= 0.3 is 0 Å². The Balaban J connectivity index is 1.69. The second kappa shape index (κ2) is 6.75. The van der Waals surface area contributed by atoms with Crippen LogP contribution in [-0.4, -0.2) is 22.4 Å². The van der Waals surface area contributed by atoms with Gasteiger partial charge in [-0.1, -0.05) is 34.1 Å². The summed E-state index contributed by atoms with van der Waals surface area (Å²) in [6.45, 7) is 1.06. The van der Waals surface area contributed by atoms with E-state index in [1.165, 1.54) is 28.6 Å². The van der Waals surface area contributed by atoms with E-state index >= 15 is 0 Å². The van der Waals surface area contributed by atoms with E-state index in [4.69, 9.17) is 0 Å². The summed E-state index contributed by atoms with van der Waals surface area (Å²) in [6.07, 6.45) is 6.76. The van der Waals surface area contributed by atoms with Crippen LogP contribution in [0.5, 0.6) is 0 Å². The highest BCUT2D eigenvalue weighted by molar-refractivity contribution is 9.10. The summed E-state index contributed by atoms with van der Waals surface area (Å²) in [7, 11) is 2.02. The Morgan fingerprint density at radius 2 is 2.14 bits per heavy atom. The van der Waals surface area contributed by atoms with E-state index in [0.29, 0.717) is 5.92 Å². The maximum atomic E-state index is 4.26. The molecule has 1 unspecified atom stereocenters. The van der Waals surface area contributed by atoms with Gasteiger partial charge in [0.1, 0.15) is 0 Å². The monoisotopic (exact) mass is 347 g/mol. The third kappa shape index (κ3) is 3.95. The van der Waals surface area contributed by atoms with Crippen LogP contribution in [0.3, 0.4) is 0 Å². The first kappa shape index (κ1) is 14.8. The molecule has 1 aromatic carbocycles. The van der Waals surface area contributed by atoms with Crippen LogP contribution >= 0.6 is 15.9 Å². The fourth-order valence-corrected chi connectivity index (χ4v) is 3.35. The van der Waals surface area contributed by atoms with Crippen molar-refractivity contribution in [3.63, 3.8) is 0 Å². The molecule has 0 saturated heterocycles. The van der Waals surface area contributed by atoms with Gasteiger partial charge in [0.25, 0.3) is 0 Å². The van der Waals surface area contributed by atoms with Gasteiger partial charge in [-0.25, -0.2) is 0 Å². The summed E-state index contributed by atoms with van der Waals surface area (Å²) >= 11 is 3.71. The number of rotatable bonds is 7. The number of hydrogen-bond donors (Lipinski definition) is 1. The summed E-state index contributed by atoms with van der Waals surface area (Å²) in [6, 6.07) is 11.5. The minimum Gasteiger partial charge on any atom is -0.313 e. The van der Waals surface area contributed by atoms with E-state index < -0.39 is 0 Å². The Morgan fingerprint density at radius 1 is 1.33 bits per heavy atom. The number of hydrogen-bond acceptors (Lipinski definition) is 2. The molecule has 0 bridgehead atoms. The Kier molecular flexibility index (Phi) is 4.76. The molecule has 3 rings (SSSR count). The van der Waals surface area contributed by atoms with Crippen LogP contribution in [0.1, 0.15) is 36.4 Å². The van der Waals surface area contributed by atoms with Crippen molar-refractivity contribution in [2.75, 3.05) is 6.54 Å². The Labute approximate surface area is 134 Å². The number of nitrogens with one attached hydrogen (secondary N) is 1. The lowest BCUT2D eigenvalue weighted by Crippen LogP contribution is -2.24. The summed E-state index contributed by atoms with van der Waals surface area (Å²) in [5, 5.41) is 7.94. The van der Waals surface area contributed by atoms with E-state index in [0.717, 1.165) is 25.4 Å². The highest BCUT2D eigenvalue weighted by Crippen LogP contribution is 2.29. The molecule has 1 saturated carbocycles. The van der Waals surface area contributed by atoms with Gasteiger partial charge in [-0.15, -0.1) is 0 Å². The lowest BCUT2D eigenvalue weighted by atomic mass is 9.93. The predicted octanol–water partition coefficient (Wildman–Crippen LogP) is 3.65. The number of halogens is 1. The van der Waals surface area contributed by atoms with E-state index in [2.05, 4.69) is 56.7 Å². The molecule has 0 spiro atoms. The highest BCUT2D eigenvalue weighted by atomic mass is 79.9. The molecule has 4 heteroatoms. The Bertz CT molecular complexity index is 589. The van der Waals surface area contributed by atoms with Crippen molar-refractivity contribution in [3.8, 4) is 0 Å². The number of aromatic nitrogens is 2. The summed E-state index contributed by atoms with van der Waals surface area (Å²) in [5.41, 5.74) is 2.71. The van der Waals surface area contributed by atoms with Crippen LogP contribution in [0.2, 0.25) is 0 Å². The molecule has 21 heavy (non-hydrogen) atoms. The normalized spacial score (nSPS) is 16.1. The van der Waals surface area contributed by atoms with Crippen molar-refractivity contribution in [1.29, 1.82) is 0 Å². The lowest BCUT2D eigenvalue weighted by molar-refractivity contribution is 0.536. The zero-order valence-electron chi connectivity index (χ0n) is 12.4. The predicted molar refractivity (Wildman–Crippen MR) is 89.4 cm³/mol. The number of nitrogens with zero attached hydrogens (tertiary/aromatic N) is 2. The third-order valence-corrected chi connectivity index (χ3v) is 4.97. The zero-order chi connectivity index (χ0) is 14.7. The van der Waals surface area contributed by atoms with Gasteiger partial charge < -0.3 is 5.32 Å². The SMILES string of the molecule is Cn1nccc1CCC(CNC1CC1)c1ccccc1Br. The summed E-state index contributed by atoms with van der Waals surface area (Å²) in [4.78, 5) is 0. The second-order valence-corrected chi connectivity index (χ2v) is 6.74.